The standard InChI is InChI=1S/C24H27N5O3/c1-28-10-9-21(14-28)32-24-26-22(17-7-4-8-20(31)12-17)25-23(27-24)29-13-18-6-3-2-5-16(18)11-19(29)15-30/h2-8,12,19,21,30-31H,9-11,13-15H2,1H3/t19-,21?/m1/s1. The van der Waals surface area contributed by atoms with Crippen LogP contribution >= 0.6 is 0 Å². The van der Waals surface area contributed by atoms with Gasteiger partial charge in [0, 0.05) is 25.2 Å². The van der Waals surface area contributed by atoms with Crippen LogP contribution < -0.4 is 9.64 Å². The molecule has 8 nitrogen and oxygen atoms in total. The zero-order chi connectivity index (χ0) is 22.1. The lowest BCUT2D eigenvalue weighted by Crippen LogP contribution is -2.44. The summed E-state index contributed by atoms with van der Waals surface area (Å²) in [5, 5.41) is 20.1. The Morgan fingerprint density at radius 3 is 2.66 bits per heavy atom. The zero-order valence-electron chi connectivity index (χ0n) is 18.1. The molecule has 2 aromatic carbocycles. The molecule has 1 saturated heterocycles. The van der Waals surface area contributed by atoms with E-state index in [9.17, 15) is 10.2 Å². The highest BCUT2D eigenvalue weighted by Crippen LogP contribution is 2.30. The lowest BCUT2D eigenvalue weighted by atomic mass is 9.94. The number of anilines is 1. The van der Waals surface area contributed by atoms with Crippen molar-refractivity contribution in [3.05, 3.63) is 59.7 Å². The molecule has 3 aromatic rings. The summed E-state index contributed by atoms with van der Waals surface area (Å²) in [6.45, 7) is 2.37. The molecule has 0 amide bonds. The third-order valence-electron chi connectivity index (χ3n) is 6.15. The molecule has 0 radical (unpaired) electrons. The number of fused-ring (bicyclic) bond motifs is 1. The number of aromatic hydroxyl groups is 1. The fourth-order valence-electron chi connectivity index (χ4n) is 4.43. The number of likely N-dealkylation sites (N-methyl/N-ethyl adjacent to an activating group) is 1. The Kier molecular flexibility index (Phi) is 5.63. The summed E-state index contributed by atoms with van der Waals surface area (Å²) in [5.41, 5.74) is 3.10. The van der Waals surface area contributed by atoms with Gasteiger partial charge in [0.25, 0.3) is 0 Å². The van der Waals surface area contributed by atoms with Crippen LogP contribution in [0.3, 0.4) is 0 Å². The quantitative estimate of drug-likeness (QED) is 0.633. The van der Waals surface area contributed by atoms with Crippen LogP contribution in [-0.4, -0.2) is 69.0 Å². The van der Waals surface area contributed by atoms with Crippen LogP contribution in [0.4, 0.5) is 5.95 Å². The van der Waals surface area contributed by atoms with Gasteiger partial charge in [-0.1, -0.05) is 36.4 Å². The second-order valence-electron chi connectivity index (χ2n) is 8.52. The van der Waals surface area contributed by atoms with Gasteiger partial charge in [0.2, 0.25) is 5.95 Å². The molecule has 2 aliphatic rings. The third kappa shape index (κ3) is 4.24. The molecule has 1 fully saturated rings. The van der Waals surface area contributed by atoms with Gasteiger partial charge in [-0.05, 0) is 43.1 Å². The Bertz CT molecular complexity index is 1110. The molecule has 166 valence electrons. The van der Waals surface area contributed by atoms with Crippen LogP contribution in [0.1, 0.15) is 17.5 Å². The van der Waals surface area contributed by atoms with E-state index >= 15 is 0 Å². The van der Waals surface area contributed by atoms with E-state index in [0.717, 1.165) is 19.5 Å². The van der Waals surface area contributed by atoms with E-state index < -0.39 is 0 Å². The summed E-state index contributed by atoms with van der Waals surface area (Å²) < 4.78 is 6.15. The van der Waals surface area contributed by atoms with Gasteiger partial charge in [-0.15, -0.1) is 0 Å². The van der Waals surface area contributed by atoms with Crippen LogP contribution in [0.25, 0.3) is 11.4 Å². The predicted octanol–water partition coefficient (Wildman–Crippen LogP) is 2.25. The van der Waals surface area contributed by atoms with Crippen molar-refractivity contribution in [3.63, 3.8) is 0 Å². The van der Waals surface area contributed by atoms with Crippen molar-refractivity contribution in [3.8, 4) is 23.1 Å². The van der Waals surface area contributed by atoms with Gasteiger partial charge in [-0.25, -0.2) is 0 Å². The molecule has 1 unspecified atom stereocenters. The topological polar surface area (TPSA) is 94.8 Å². The molecular formula is C24H27N5O3. The fourth-order valence-corrected chi connectivity index (χ4v) is 4.43. The Labute approximate surface area is 187 Å². The van der Waals surface area contributed by atoms with E-state index in [4.69, 9.17) is 9.72 Å². The molecule has 0 spiro atoms. The van der Waals surface area contributed by atoms with Crippen LogP contribution in [0.15, 0.2) is 48.5 Å². The number of aliphatic hydroxyl groups is 1. The summed E-state index contributed by atoms with van der Waals surface area (Å²) in [6, 6.07) is 15.2. The molecule has 0 saturated carbocycles. The van der Waals surface area contributed by atoms with Crippen molar-refractivity contribution < 1.29 is 14.9 Å². The van der Waals surface area contributed by atoms with Crippen molar-refractivity contribution in [2.45, 2.75) is 31.5 Å². The van der Waals surface area contributed by atoms with Gasteiger partial charge in [-0.2, -0.15) is 15.0 Å². The number of ether oxygens (including phenoxy) is 1. The highest BCUT2D eigenvalue weighted by atomic mass is 16.5. The van der Waals surface area contributed by atoms with E-state index in [-0.39, 0.29) is 30.5 Å². The molecule has 3 heterocycles. The van der Waals surface area contributed by atoms with Gasteiger partial charge in [0.05, 0.1) is 12.6 Å². The molecule has 2 aliphatic heterocycles. The zero-order valence-corrected chi connectivity index (χ0v) is 18.1. The minimum absolute atomic E-state index is 0.00884. The predicted molar refractivity (Wildman–Crippen MR) is 121 cm³/mol. The Morgan fingerprint density at radius 2 is 1.91 bits per heavy atom. The van der Waals surface area contributed by atoms with E-state index in [1.807, 2.05) is 23.1 Å². The molecule has 8 heteroatoms. The molecule has 5 rings (SSSR count). The van der Waals surface area contributed by atoms with E-state index in [0.29, 0.717) is 30.3 Å². The SMILES string of the molecule is CN1CCC(Oc2nc(-c3cccc(O)c3)nc(N3Cc4ccccc4C[C@@H]3CO)n2)C1. The van der Waals surface area contributed by atoms with Gasteiger partial charge >= 0.3 is 6.01 Å². The first kappa shape index (κ1) is 20.7. The number of likely N-dealkylation sites (tertiary alicyclic amines) is 1. The molecule has 2 atom stereocenters. The Morgan fingerprint density at radius 1 is 1.06 bits per heavy atom. The van der Waals surface area contributed by atoms with Gasteiger partial charge in [0.1, 0.15) is 11.9 Å². The van der Waals surface area contributed by atoms with Crippen molar-refractivity contribution in [1.29, 1.82) is 0 Å². The number of rotatable bonds is 5. The summed E-state index contributed by atoms with van der Waals surface area (Å²) in [7, 11) is 2.07. The number of benzene rings is 2. The van der Waals surface area contributed by atoms with Crippen molar-refractivity contribution in [2.24, 2.45) is 0 Å². The number of hydrogen-bond acceptors (Lipinski definition) is 8. The largest absolute Gasteiger partial charge is 0.508 e. The maximum Gasteiger partial charge on any atom is 0.322 e. The first-order valence-electron chi connectivity index (χ1n) is 10.9. The van der Waals surface area contributed by atoms with Crippen molar-refractivity contribution in [2.75, 3.05) is 31.6 Å². The average molecular weight is 434 g/mol. The monoisotopic (exact) mass is 433 g/mol. The average Bonchev–Trinajstić information content (AvgIpc) is 3.22. The number of aromatic nitrogens is 3. The van der Waals surface area contributed by atoms with Gasteiger partial charge in [-0.3, -0.25) is 0 Å². The summed E-state index contributed by atoms with van der Waals surface area (Å²) in [5.74, 6) is 1.04. The lowest BCUT2D eigenvalue weighted by molar-refractivity contribution is 0.190. The maximum atomic E-state index is 10.1. The summed E-state index contributed by atoms with van der Waals surface area (Å²) in [4.78, 5) is 18.2. The first-order valence-corrected chi connectivity index (χ1v) is 10.9. The Balaban J connectivity index is 1.54. The van der Waals surface area contributed by atoms with E-state index in [2.05, 4.69) is 34.0 Å². The number of hydrogen-bond donors (Lipinski definition) is 2. The highest BCUT2D eigenvalue weighted by Gasteiger charge is 2.29. The first-order chi connectivity index (χ1) is 15.6. The van der Waals surface area contributed by atoms with Crippen molar-refractivity contribution in [1.82, 2.24) is 19.9 Å². The fraction of sp³-hybridized carbons (Fsp3) is 0.375. The number of phenols is 1. The minimum atomic E-state index is -0.144. The molecule has 32 heavy (non-hydrogen) atoms. The lowest BCUT2D eigenvalue weighted by Gasteiger charge is -2.36. The molecule has 1 aromatic heterocycles. The number of aliphatic hydroxyl groups excluding tert-OH is 1. The van der Waals surface area contributed by atoms with Crippen LogP contribution in [0.2, 0.25) is 0 Å². The minimum Gasteiger partial charge on any atom is -0.508 e. The number of phenolic OH excluding ortho intramolecular Hbond substituents is 1. The molecule has 0 aliphatic carbocycles. The van der Waals surface area contributed by atoms with Crippen LogP contribution in [-0.2, 0) is 13.0 Å². The van der Waals surface area contributed by atoms with Crippen LogP contribution in [0.5, 0.6) is 11.8 Å². The second kappa shape index (κ2) is 8.72. The van der Waals surface area contributed by atoms with E-state index in [1.54, 1.807) is 18.2 Å². The van der Waals surface area contributed by atoms with Crippen LogP contribution in [0, 0.1) is 0 Å². The van der Waals surface area contributed by atoms with Gasteiger partial charge in [0.15, 0.2) is 5.82 Å². The summed E-state index contributed by atoms with van der Waals surface area (Å²) in [6.07, 6.45) is 1.64. The maximum absolute atomic E-state index is 10.1. The molecule has 0 bridgehead atoms. The third-order valence-corrected chi connectivity index (χ3v) is 6.15. The smallest absolute Gasteiger partial charge is 0.322 e. The molecule has 2 N–H and O–H groups in total. The van der Waals surface area contributed by atoms with E-state index in [1.165, 1.54) is 11.1 Å². The normalized spacial score (nSPS) is 20.9. The second-order valence-corrected chi connectivity index (χ2v) is 8.52. The Hall–Kier alpha value is -3.23. The molecular weight excluding hydrogens is 406 g/mol. The highest BCUT2D eigenvalue weighted by molar-refractivity contribution is 5.59. The summed E-state index contributed by atoms with van der Waals surface area (Å²) >= 11 is 0. The van der Waals surface area contributed by atoms with Gasteiger partial charge < -0.3 is 24.7 Å². The van der Waals surface area contributed by atoms with Crippen molar-refractivity contribution >= 4 is 5.95 Å². The number of nitrogens with zero attached hydrogens (tertiary/aromatic N) is 5.